The number of amides is 2. The highest BCUT2D eigenvalue weighted by molar-refractivity contribution is 7.92. The van der Waals surface area contributed by atoms with Crippen LogP contribution in [0.2, 0.25) is 4.34 Å². The molecule has 0 aliphatic heterocycles. The molecule has 0 spiro atoms. The molecule has 0 atom stereocenters. The van der Waals surface area contributed by atoms with Crippen LogP contribution < -0.4 is 15.6 Å². The summed E-state index contributed by atoms with van der Waals surface area (Å²) in [6.07, 6.45) is 2.48. The Morgan fingerprint density at radius 2 is 1.94 bits per heavy atom. The van der Waals surface area contributed by atoms with Gasteiger partial charge in [0.25, 0.3) is 15.6 Å². The topological polar surface area (TPSA) is 123 Å². The molecule has 3 heterocycles. The molecule has 0 aliphatic rings. The lowest BCUT2D eigenvalue weighted by Gasteiger charge is -2.09. The van der Waals surface area contributed by atoms with Crippen LogP contribution in [0.15, 0.2) is 64.0 Å². The van der Waals surface area contributed by atoms with Crippen LogP contribution in [-0.2, 0) is 10.0 Å². The Hall–Kier alpha value is -3.35. The van der Waals surface area contributed by atoms with Gasteiger partial charge in [-0.05, 0) is 42.5 Å². The molecule has 0 bridgehead atoms. The van der Waals surface area contributed by atoms with Gasteiger partial charge in [0.15, 0.2) is 0 Å². The summed E-state index contributed by atoms with van der Waals surface area (Å²) in [5, 5.41) is 2.42. The molecular weight excluding hydrogens is 469 g/mol. The maximum atomic E-state index is 13.5. The Bertz CT molecular complexity index is 1470. The Morgan fingerprint density at radius 1 is 1.13 bits per heavy atom. The predicted octanol–water partition coefficient (Wildman–Crippen LogP) is 3.15. The number of thiophene rings is 1. The van der Waals surface area contributed by atoms with Crippen LogP contribution in [0.5, 0.6) is 0 Å². The molecule has 2 N–H and O–H groups in total. The largest absolute Gasteiger partial charge is 0.333 e. The van der Waals surface area contributed by atoms with E-state index in [0.717, 1.165) is 22.0 Å². The number of benzene rings is 1. The van der Waals surface area contributed by atoms with E-state index in [9.17, 15) is 22.4 Å². The number of rotatable bonds is 4. The van der Waals surface area contributed by atoms with E-state index in [0.29, 0.717) is 5.52 Å². The summed E-state index contributed by atoms with van der Waals surface area (Å²) in [5.41, 5.74) is -0.00416. The summed E-state index contributed by atoms with van der Waals surface area (Å²) in [7, 11) is -4.07. The van der Waals surface area contributed by atoms with Crippen molar-refractivity contribution in [1.82, 2.24) is 19.3 Å². The maximum absolute atomic E-state index is 13.5. The second kappa shape index (κ2) is 8.06. The van der Waals surface area contributed by atoms with Crippen LogP contribution in [0.25, 0.3) is 16.7 Å². The number of nitrogens with one attached hydrogen (secondary N) is 2. The Labute approximate surface area is 183 Å². The molecule has 4 rings (SSSR count). The zero-order valence-corrected chi connectivity index (χ0v) is 17.6. The summed E-state index contributed by atoms with van der Waals surface area (Å²) < 4.78 is 40.9. The van der Waals surface area contributed by atoms with E-state index in [2.05, 4.69) is 15.3 Å². The van der Waals surface area contributed by atoms with Crippen molar-refractivity contribution in [3.63, 3.8) is 0 Å². The van der Waals surface area contributed by atoms with E-state index < -0.39 is 27.4 Å². The van der Waals surface area contributed by atoms with Crippen molar-refractivity contribution in [2.75, 3.05) is 5.32 Å². The van der Waals surface area contributed by atoms with Crippen LogP contribution in [0.4, 0.5) is 14.9 Å². The van der Waals surface area contributed by atoms with Gasteiger partial charge in [0.2, 0.25) is 0 Å². The fourth-order valence-corrected chi connectivity index (χ4v) is 5.02. The molecular formula is C18H11ClFN5O4S2. The van der Waals surface area contributed by atoms with E-state index in [4.69, 9.17) is 11.6 Å². The first-order valence-electron chi connectivity index (χ1n) is 8.45. The van der Waals surface area contributed by atoms with Gasteiger partial charge >= 0.3 is 6.03 Å². The predicted molar refractivity (Wildman–Crippen MR) is 114 cm³/mol. The number of carbonyl (C=O) groups excluding carboxylic acids is 1. The second-order valence-corrected chi connectivity index (χ2v) is 9.73. The number of urea groups is 1. The minimum absolute atomic E-state index is 0.0877. The van der Waals surface area contributed by atoms with Crippen molar-refractivity contribution in [1.29, 1.82) is 0 Å². The van der Waals surface area contributed by atoms with Gasteiger partial charge < -0.3 is 5.32 Å². The molecule has 4 aromatic rings. The van der Waals surface area contributed by atoms with E-state index in [1.807, 2.05) is 4.72 Å². The third kappa shape index (κ3) is 4.40. The summed E-state index contributed by atoms with van der Waals surface area (Å²) in [6, 6.07) is 8.20. The number of hydrogen-bond donors (Lipinski definition) is 2. The van der Waals surface area contributed by atoms with Crippen LogP contribution in [0.3, 0.4) is 0 Å². The smallest absolute Gasteiger partial charge is 0.306 e. The highest BCUT2D eigenvalue weighted by Crippen LogP contribution is 2.25. The van der Waals surface area contributed by atoms with Gasteiger partial charge in [-0.2, -0.15) is 0 Å². The highest BCUT2D eigenvalue weighted by atomic mass is 35.5. The van der Waals surface area contributed by atoms with E-state index in [1.54, 1.807) is 0 Å². The molecule has 9 nitrogen and oxygen atoms in total. The number of sulfonamides is 1. The highest BCUT2D eigenvalue weighted by Gasteiger charge is 2.20. The molecule has 0 saturated carbocycles. The van der Waals surface area contributed by atoms with Crippen molar-refractivity contribution < 1.29 is 17.6 Å². The number of nitrogens with zero attached hydrogens (tertiary/aromatic N) is 3. The quantitative estimate of drug-likeness (QED) is 0.463. The molecule has 1 aromatic carbocycles. The normalized spacial score (nSPS) is 11.4. The third-order valence-electron chi connectivity index (χ3n) is 4.01. The SMILES string of the molecule is O=C(Nc1ccc(-n2cnc3ccc(F)cc3c2=O)nc1)NS(=O)(=O)c1ccc(Cl)s1. The molecule has 158 valence electrons. The average molecular weight is 480 g/mol. The molecule has 13 heteroatoms. The van der Waals surface area contributed by atoms with Crippen LogP contribution in [-0.4, -0.2) is 29.0 Å². The third-order valence-corrected chi connectivity index (χ3v) is 7.07. The first-order valence-corrected chi connectivity index (χ1v) is 11.1. The summed E-state index contributed by atoms with van der Waals surface area (Å²) >= 11 is 6.53. The van der Waals surface area contributed by atoms with E-state index >= 15 is 0 Å². The zero-order valence-electron chi connectivity index (χ0n) is 15.2. The number of anilines is 1. The minimum Gasteiger partial charge on any atom is -0.306 e. The van der Waals surface area contributed by atoms with Gasteiger partial charge in [-0.25, -0.2) is 32.3 Å². The number of pyridine rings is 1. The maximum Gasteiger partial charge on any atom is 0.333 e. The minimum atomic E-state index is -4.07. The Morgan fingerprint density at radius 3 is 2.61 bits per heavy atom. The Kier molecular flexibility index (Phi) is 5.43. The number of halogens is 2. The van der Waals surface area contributed by atoms with Gasteiger partial charge in [0.05, 0.1) is 27.1 Å². The first kappa shape index (κ1) is 20.9. The molecule has 31 heavy (non-hydrogen) atoms. The van der Waals surface area contributed by atoms with Crippen molar-refractivity contribution in [3.8, 4) is 5.82 Å². The standard InChI is InChI=1S/C18H11ClFN5O4S2/c19-14-4-6-16(30-14)31(28,29)24-18(27)23-11-2-5-15(21-8-11)25-9-22-13-3-1-10(20)7-12(13)17(25)26/h1-9H,(H2,23,24,27). The molecule has 0 aliphatic carbocycles. The average Bonchev–Trinajstić information content (AvgIpc) is 3.16. The van der Waals surface area contributed by atoms with Gasteiger partial charge in [-0.1, -0.05) is 11.6 Å². The van der Waals surface area contributed by atoms with Gasteiger partial charge in [-0.15, -0.1) is 11.3 Å². The number of aromatic nitrogens is 3. The van der Waals surface area contributed by atoms with Gasteiger partial charge in [0, 0.05) is 0 Å². The summed E-state index contributed by atoms with van der Waals surface area (Å²) in [4.78, 5) is 32.8. The number of carbonyl (C=O) groups is 1. The molecule has 0 radical (unpaired) electrons. The lowest BCUT2D eigenvalue weighted by Crippen LogP contribution is -2.34. The molecule has 0 unspecified atom stereocenters. The van der Waals surface area contributed by atoms with E-state index in [-0.39, 0.29) is 25.4 Å². The van der Waals surface area contributed by atoms with Gasteiger partial charge in [-0.3, -0.25) is 9.36 Å². The zero-order chi connectivity index (χ0) is 22.2. The van der Waals surface area contributed by atoms with Crippen molar-refractivity contribution in [2.24, 2.45) is 0 Å². The fourth-order valence-electron chi connectivity index (χ4n) is 2.63. The van der Waals surface area contributed by atoms with Crippen molar-refractivity contribution >= 4 is 55.6 Å². The second-order valence-electron chi connectivity index (χ2n) is 6.10. The lowest BCUT2D eigenvalue weighted by atomic mass is 10.2. The summed E-state index contributed by atoms with van der Waals surface area (Å²) in [6.45, 7) is 0. The van der Waals surface area contributed by atoms with E-state index in [1.165, 1.54) is 48.9 Å². The van der Waals surface area contributed by atoms with Crippen LogP contribution in [0, 0.1) is 5.82 Å². The molecule has 2 amide bonds. The fraction of sp³-hybridized carbons (Fsp3) is 0. The Balaban J connectivity index is 1.52. The molecule has 0 fully saturated rings. The monoisotopic (exact) mass is 479 g/mol. The molecule has 0 saturated heterocycles. The first-order chi connectivity index (χ1) is 14.7. The number of fused-ring (bicyclic) bond motifs is 1. The van der Waals surface area contributed by atoms with Gasteiger partial charge in [0.1, 0.15) is 22.2 Å². The number of hydrogen-bond acceptors (Lipinski definition) is 7. The summed E-state index contributed by atoms with van der Waals surface area (Å²) in [5.74, 6) is -0.391. The van der Waals surface area contributed by atoms with Crippen molar-refractivity contribution in [3.05, 3.63) is 75.5 Å². The van der Waals surface area contributed by atoms with Crippen LogP contribution in [0.1, 0.15) is 0 Å². The van der Waals surface area contributed by atoms with Crippen LogP contribution >= 0.6 is 22.9 Å². The molecule has 3 aromatic heterocycles. The van der Waals surface area contributed by atoms with Crippen molar-refractivity contribution in [2.45, 2.75) is 4.21 Å². The lowest BCUT2D eigenvalue weighted by molar-refractivity contribution is 0.256.